The molecule has 0 atom stereocenters. The van der Waals surface area contributed by atoms with Crippen LogP contribution in [0.5, 0.6) is 5.88 Å². The monoisotopic (exact) mass is 296 g/mol. The molecule has 1 N–H and O–H groups in total. The van der Waals surface area contributed by atoms with E-state index in [1.54, 1.807) is 6.07 Å². The first-order valence-corrected chi connectivity index (χ1v) is 7.47. The predicted octanol–water partition coefficient (Wildman–Crippen LogP) is 3.19. The van der Waals surface area contributed by atoms with Crippen LogP contribution in [0.2, 0.25) is 0 Å². The van der Waals surface area contributed by atoms with Crippen LogP contribution < -0.4 is 9.64 Å². The summed E-state index contributed by atoms with van der Waals surface area (Å²) in [4.78, 5) is 17.3. The normalized spacial score (nSPS) is 16.8. The number of aromatic carboxylic acids is 1. The highest BCUT2D eigenvalue weighted by Crippen LogP contribution is 2.42. The molecular formula is C17H16N2O3. The lowest BCUT2D eigenvalue weighted by atomic mass is 10.1. The van der Waals surface area contributed by atoms with E-state index in [9.17, 15) is 4.79 Å². The van der Waals surface area contributed by atoms with E-state index in [2.05, 4.69) is 34.1 Å². The van der Waals surface area contributed by atoms with Crippen LogP contribution in [-0.2, 0) is 0 Å². The molecule has 112 valence electrons. The van der Waals surface area contributed by atoms with Crippen molar-refractivity contribution in [3.8, 4) is 5.88 Å². The van der Waals surface area contributed by atoms with E-state index in [4.69, 9.17) is 9.84 Å². The molecule has 1 aromatic heterocycles. The van der Waals surface area contributed by atoms with Crippen molar-refractivity contribution >= 4 is 17.3 Å². The van der Waals surface area contributed by atoms with Crippen LogP contribution in [0.25, 0.3) is 0 Å². The summed E-state index contributed by atoms with van der Waals surface area (Å²) < 4.78 is 5.54. The molecule has 2 heterocycles. The second kappa shape index (κ2) is 5.02. The van der Waals surface area contributed by atoms with Crippen molar-refractivity contribution in [3.63, 3.8) is 0 Å². The van der Waals surface area contributed by atoms with Gasteiger partial charge in [-0.25, -0.2) is 9.78 Å². The highest BCUT2D eigenvalue weighted by Gasteiger charge is 2.26. The van der Waals surface area contributed by atoms with Gasteiger partial charge in [0.25, 0.3) is 0 Å². The number of hydrogen-bond acceptors (Lipinski definition) is 4. The van der Waals surface area contributed by atoms with Crippen molar-refractivity contribution in [2.45, 2.75) is 18.8 Å². The van der Waals surface area contributed by atoms with Gasteiger partial charge in [0.15, 0.2) is 5.69 Å². The highest BCUT2D eigenvalue weighted by atomic mass is 16.5. The lowest BCUT2D eigenvalue weighted by Crippen LogP contribution is -2.29. The first kappa shape index (κ1) is 13.1. The molecule has 1 aliphatic carbocycles. The quantitative estimate of drug-likeness (QED) is 0.942. The number of fused-ring (bicyclic) bond motifs is 1. The third kappa shape index (κ3) is 2.28. The molecule has 0 saturated heterocycles. The van der Waals surface area contributed by atoms with Crippen LogP contribution in [0.15, 0.2) is 36.4 Å². The average Bonchev–Trinajstić information content (AvgIpc) is 3.39. The molecule has 0 amide bonds. The first-order chi connectivity index (χ1) is 10.7. The molecule has 5 nitrogen and oxygen atoms in total. The average molecular weight is 296 g/mol. The molecule has 0 spiro atoms. The van der Waals surface area contributed by atoms with Gasteiger partial charge < -0.3 is 14.7 Å². The minimum absolute atomic E-state index is 0.00679. The van der Waals surface area contributed by atoms with Crippen LogP contribution in [0.3, 0.4) is 0 Å². The minimum Gasteiger partial charge on any atom is -0.477 e. The van der Waals surface area contributed by atoms with E-state index in [-0.39, 0.29) is 5.69 Å². The van der Waals surface area contributed by atoms with E-state index in [0.717, 1.165) is 17.9 Å². The Kier molecular flexibility index (Phi) is 2.99. The fraction of sp³-hybridized carbons (Fsp3) is 0.294. The summed E-state index contributed by atoms with van der Waals surface area (Å²) in [5.74, 6) is 0.0511. The number of pyridine rings is 1. The molecule has 1 aliphatic heterocycles. The van der Waals surface area contributed by atoms with Gasteiger partial charge in [0.05, 0.1) is 6.54 Å². The largest absolute Gasteiger partial charge is 0.477 e. The molecule has 1 aromatic carbocycles. The lowest BCUT2D eigenvalue weighted by molar-refractivity contribution is 0.0689. The molecule has 0 unspecified atom stereocenters. The Morgan fingerprint density at radius 1 is 1.27 bits per heavy atom. The standard InChI is InChI=1S/C17H16N2O3/c20-17(21)14-6-7-15-16(18-14)22-9-8-19(15)13-3-1-2-12(10-13)11-4-5-11/h1-3,6-7,10-11H,4-5,8-9H2,(H,20,21). The van der Waals surface area contributed by atoms with Crippen molar-refractivity contribution in [2.24, 2.45) is 0 Å². The van der Waals surface area contributed by atoms with Gasteiger partial charge in [-0.2, -0.15) is 0 Å². The third-order valence-corrected chi connectivity index (χ3v) is 4.13. The highest BCUT2D eigenvalue weighted by molar-refractivity contribution is 5.86. The predicted molar refractivity (Wildman–Crippen MR) is 82.1 cm³/mol. The molecule has 0 radical (unpaired) electrons. The zero-order chi connectivity index (χ0) is 15.1. The van der Waals surface area contributed by atoms with Crippen molar-refractivity contribution in [2.75, 3.05) is 18.1 Å². The third-order valence-electron chi connectivity index (χ3n) is 4.13. The summed E-state index contributed by atoms with van der Waals surface area (Å²) in [5.41, 5.74) is 3.32. The van der Waals surface area contributed by atoms with Gasteiger partial charge in [0.2, 0.25) is 5.88 Å². The van der Waals surface area contributed by atoms with Crippen LogP contribution in [-0.4, -0.2) is 29.2 Å². The Bertz CT molecular complexity index is 740. The van der Waals surface area contributed by atoms with Gasteiger partial charge in [-0.3, -0.25) is 0 Å². The van der Waals surface area contributed by atoms with E-state index in [0.29, 0.717) is 18.4 Å². The van der Waals surface area contributed by atoms with Crippen molar-refractivity contribution < 1.29 is 14.6 Å². The molecule has 5 heteroatoms. The fourth-order valence-corrected chi connectivity index (χ4v) is 2.85. The number of carboxylic acids is 1. The fourth-order valence-electron chi connectivity index (χ4n) is 2.85. The summed E-state index contributed by atoms with van der Waals surface area (Å²) in [6.07, 6.45) is 2.54. The SMILES string of the molecule is O=C(O)c1ccc2c(n1)OCCN2c1cccc(C2CC2)c1. The number of carbonyl (C=O) groups is 1. The molecule has 1 saturated carbocycles. The van der Waals surface area contributed by atoms with Crippen LogP contribution in [0, 0.1) is 0 Å². The maximum Gasteiger partial charge on any atom is 0.354 e. The number of nitrogens with zero attached hydrogens (tertiary/aromatic N) is 2. The Labute approximate surface area is 128 Å². The van der Waals surface area contributed by atoms with E-state index in [1.165, 1.54) is 24.5 Å². The summed E-state index contributed by atoms with van der Waals surface area (Å²) in [7, 11) is 0. The molecule has 4 rings (SSSR count). The van der Waals surface area contributed by atoms with Gasteiger partial charge in [-0.05, 0) is 48.6 Å². The Hall–Kier alpha value is -2.56. The van der Waals surface area contributed by atoms with Crippen LogP contribution in [0.1, 0.15) is 34.8 Å². The number of ether oxygens (including phenoxy) is 1. The summed E-state index contributed by atoms with van der Waals surface area (Å²) >= 11 is 0. The smallest absolute Gasteiger partial charge is 0.354 e. The van der Waals surface area contributed by atoms with E-state index >= 15 is 0 Å². The number of benzene rings is 1. The van der Waals surface area contributed by atoms with Crippen molar-refractivity contribution in [3.05, 3.63) is 47.7 Å². The zero-order valence-electron chi connectivity index (χ0n) is 12.0. The summed E-state index contributed by atoms with van der Waals surface area (Å²) in [6, 6.07) is 11.8. The molecule has 2 aromatic rings. The molecule has 22 heavy (non-hydrogen) atoms. The Balaban J connectivity index is 1.72. The molecule has 0 bridgehead atoms. The maximum absolute atomic E-state index is 11.0. The number of hydrogen-bond donors (Lipinski definition) is 1. The van der Waals surface area contributed by atoms with Crippen molar-refractivity contribution in [1.29, 1.82) is 0 Å². The minimum atomic E-state index is -1.04. The van der Waals surface area contributed by atoms with Gasteiger partial charge >= 0.3 is 5.97 Å². The number of rotatable bonds is 3. The van der Waals surface area contributed by atoms with Crippen LogP contribution in [0.4, 0.5) is 11.4 Å². The second-order valence-corrected chi connectivity index (χ2v) is 5.70. The van der Waals surface area contributed by atoms with Gasteiger partial charge in [-0.1, -0.05) is 12.1 Å². The van der Waals surface area contributed by atoms with Crippen LogP contribution >= 0.6 is 0 Å². The maximum atomic E-state index is 11.0. The van der Waals surface area contributed by atoms with Gasteiger partial charge in [0.1, 0.15) is 12.3 Å². The lowest BCUT2D eigenvalue weighted by Gasteiger charge is -2.30. The topological polar surface area (TPSA) is 62.7 Å². The second-order valence-electron chi connectivity index (χ2n) is 5.70. The van der Waals surface area contributed by atoms with E-state index < -0.39 is 5.97 Å². The van der Waals surface area contributed by atoms with Gasteiger partial charge in [0, 0.05) is 5.69 Å². The molecule has 1 fully saturated rings. The number of anilines is 2. The van der Waals surface area contributed by atoms with E-state index in [1.807, 2.05) is 0 Å². The first-order valence-electron chi connectivity index (χ1n) is 7.47. The van der Waals surface area contributed by atoms with Gasteiger partial charge in [-0.15, -0.1) is 0 Å². The Morgan fingerprint density at radius 3 is 2.91 bits per heavy atom. The number of aromatic nitrogens is 1. The number of carboxylic acid groups (broad SMARTS) is 1. The molecular weight excluding hydrogens is 280 g/mol. The summed E-state index contributed by atoms with van der Waals surface area (Å²) in [6.45, 7) is 1.23. The molecule has 2 aliphatic rings. The zero-order valence-corrected chi connectivity index (χ0v) is 12.0. The summed E-state index contributed by atoms with van der Waals surface area (Å²) in [5, 5.41) is 9.04. The Morgan fingerprint density at radius 2 is 2.14 bits per heavy atom. The van der Waals surface area contributed by atoms with Crippen molar-refractivity contribution in [1.82, 2.24) is 4.98 Å².